The van der Waals surface area contributed by atoms with E-state index >= 15 is 0 Å². The van der Waals surface area contributed by atoms with Crippen molar-refractivity contribution in [2.75, 3.05) is 13.1 Å². The molecule has 1 unspecified atom stereocenters. The highest BCUT2D eigenvalue weighted by Gasteiger charge is 2.30. The van der Waals surface area contributed by atoms with Crippen LogP contribution in [0.5, 0.6) is 5.75 Å². The molecule has 24 heavy (non-hydrogen) atoms. The fourth-order valence-electron chi connectivity index (χ4n) is 2.44. The van der Waals surface area contributed by atoms with E-state index in [9.17, 15) is 14.9 Å². The molecule has 0 aliphatic carbocycles. The first-order valence-electron chi connectivity index (χ1n) is 7.74. The summed E-state index contributed by atoms with van der Waals surface area (Å²) in [7, 11) is 0. The topological polar surface area (TPSA) is 81.9 Å². The highest BCUT2D eigenvalue weighted by Crippen LogP contribution is 2.32. The van der Waals surface area contributed by atoms with Gasteiger partial charge in [-0.25, -0.2) is 4.79 Å². The molecule has 1 amide bonds. The van der Waals surface area contributed by atoms with E-state index in [0.717, 1.165) is 6.42 Å². The Labute approximate surface area is 145 Å². The summed E-state index contributed by atoms with van der Waals surface area (Å²) in [6, 6.07) is 4.18. The number of halogens is 1. The monoisotopic (exact) mass is 356 g/mol. The SMILES string of the molecule is CC(C)(C)OC(=O)N1CCCC(Oc2cc(Cl)ccc2[N+](=O)[O-])C1. The Bertz CT molecular complexity index is 629. The van der Waals surface area contributed by atoms with Crippen molar-refractivity contribution < 1.29 is 19.2 Å². The summed E-state index contributed by atoms with van der Waals surface area (Å²) in [4.78, 5) is 24.3. The number of ether oxygens (including phenoxy) is 2. The minimum Gasteiger partial charge on any atom is -0.482 e. The van der Waals surface area contributed by atoms with Crippen LogP contribution >= 0.6 is 11.6 Å². The smallest absolute Gasteiger partial charge is 0.410 e. The fraction of sp³-hybridized carbons (Fsp3) is 0.562. The van der Waals surface area contributed by atoms with Crippen molar-refractivity contribution in [1.29, 1.82) is 0 Å². The first-order valence-corrected chi connectivity index (χ1v) is 8.12. The molecule has 1 aliphatic rings. The highest BCUT2D eigenvalue weighted by molar-refractivity contribution is 6.30. The van der Waals surface area contributed by atoms with Crippen LogP contribution in [0.4, 0.5) is 10.5 Å². The predicted molar refractivity (Wildman–Crippen MR) is 89.6 cm³/mol. The second-order valence-corrected chi connectivity index (χ2v) is 7.11. The van der Waals surface area contributed by atoms with Gasteiger partial charge in [-0.15, -0.1) is 0 Å². The summed E-state index contributed by atoms with van der Waals surface area (Å²) in [5, 5.41) is 11.5. The number of likely N-dealkylation sites (tertiary alicyclic amines) is 1. The third kappa shape index (κ3) is 4.99. The molecule has 0 N–H and O–H groups in total. The number of carbonyl (C=O) groups excluding carboxylic acids is 1. The van der Waals surface area contributed by atoms with Crippen LogP contribution in [-0.4, -0.2) is 40.7 Å². The van der Waals surface area contributed by atoms with Gasteiger partial charge in [-0.3, -0.25) is 10.1 Å². The summed E-state index contributed by atoms with van der Waals surface area (Å²) in [5.74, 6) is 0.114. The zero-order valence-corrected chi connectivity index (χ0v) is 14.7. The molecule has 1 aromatic carbocycles. The molecule has 1 atom stereocenters. The standard InChI is InChI=1S/C16H21ClN2O5/c1-16(2,3)24-15(20)18-8-4-5-12(10-18)23-14-9-11(17)6-7-13(14)19(21)22/h6-7,9,12H,4-5,8,10H2,1-3H3. The molecule has 1 saturated heterocycles. The van der Waals surface area contributed by atoms with Gasteiger partial charge in [0.15, 0.2) is 5.75 Å². The Hall–Kier alpha value is -2.02. The maximum absolute atomic E-state index is 12.2. The van der Waals surface area contributed by atoms with Crippen LogP contribution in [0, 0.1) is 10.1 Å². The van der Waals surface area contributed by atoms with Gasteiger partial charge >= 0.3 is 11.8 Å². The summed E-state index contributed by atoms with van der Waals surface area (Å²) in [6.07, 6.45) is 0.682. The van der Waals surface area contributed by atoms with Gasteiger partial charge < -0.3 is 14.4 Å². The second-order valence-electron chi connectivity index (χ2n) is 6.68. The Morgan fingerprint density at radius 3 is 2.75 bits per heavy atom. The van der Waals surface area contributed by atoms with Gasteiger partial charge in [-0.05, 0) is 39.7 Å². The van der Waals surface area contributed by atoms with E-state index in [4.69, 9.17) is 21.1 Å². The van der Waals surface area contributed by atoms with Crippen molar-refractivity contribution in [1.82, 2.24) is 4.90 Å². The summed E-state index contributed by atoms with van der Waals surface area (Å²) >= 11 is 5.90. The van der Waals surface area contributed by atoms with E-state index in [1.807, 2.05) is 0 Å². The lowest BCUT2D eigenvalue weighted by atomic mass is 10.1. The lowest BCUT2D eigenvalue weighted by molar-refractivity contribution is -0.386. The van der Waals surface area contributed by atoms with E-state index in [1.165, 1.54) is 18.2 Å². The van der Waals surface area contributed by atoms with Crippen molar-refractivity contribution in [3.63, 3.8) is 0 Å². The van der Waals surface area contributed by atoms with E-state index in [-0.39, 0.29) is 17.5 Å². The molecule has 1 aliphatic heterocycles. The second kappa shape index (κ2) is 7.25. The van der Waals surface area contributed by atoms with Crippen LogP contribution in [0.3, 0.4) is 0 Å². The number of nitro benzene ring substituents is 1. The number of nitrogens with zero attached hydrogens (tertiary/aromatic N) is 2. The van der Waals surface area contributed by atoms with Gasteiger partial charge in [0.05, 0.1) is 11.5 Å². The lowest BCUT2D eigenvalue weighted by Crippen LogP contribution is -2.46. The fourth-order valence-corrected chi connectivity index (χ4v) is 2.60. The molecule has 0 spiro atoms. The van der Waals surface area contributed by atoms with Crippen molar-refractivity contribution in [2.45, 2.75) is 45.3 Å². The largest absolute Gasteiger partial charge is 0.482 e. The third-order valence-electron chi connectivity index (χ3n) is 3.44. The maximum Gasteiger partial charge on any atom is 0.410 e. The van der Waals surface area contributed by atoms with Crippen LogP contribution in [0.15, 0.2) is 18.2 Å². The Morgan fingerprint density at radius 2 is 2.12 bits per heavy atom. The Morgan fingerprint density at radius 1 is 1.42 bits per heavy atom. The third-order valence-corrected chi connectivity index (χ3v) is 3.68. The van der Waals surface area contributed by atoms with E-state index in [2.05, 4.69) is 0 Å². The number of nitro groups is 1. The Kier molecular flexibility index (Phi) is 5.54. The van der Waals surface area contributed by atoms with Gasteiger partial charge in [0.2, 0.25) is 0 Å². The predicted octanol–water partition coefficient (Wildman–Crippen LogP) is 4.03. The number of benzene rings is 1. The van der Waals surface area contributed by atoms with Gasteiger partial charge in [0.25, 0.3) is 0 Å². The highest BCUT2D eigenvalue weighted by atomic mass is 35.5. The first-order chi connectivity index (χ1) is 11.2. The van der Waals surface area contributed by atoms with Crippen LogP contribution in [0.1, 0.15) is 33.6 Å². The summed E-state index contributed by atoms with van der Waals surface area (Å²) in [5.41, 5.74) is -0.717. The van der Waals surface area contributed by atoms with Gasteiger partial charge in [0.1, 0.15) is 11.7 Å². The van der Waals surface area contributed by atoms with Crippen molar-refractivity contribution in [2.24, 2.45) is 0 Å². The Balaban J connectivity index is 2.07. The van der Waals surface area contributed by atoms with E-state index < -0.39 is 16.6 Å². The van der Waals surface area contributed by atoms with Gasteiger partial charge in [-0.2, -0.15) is 0 Å². The number of carbonyl (C=O) groups is 1. The molecular weight excluding hydrogens is 336 g/mol. The maximum atomic E-state index is 12.2. The number of rotatable bonds is 3. The quantitative estimate of drug-likeness (QED) is 0.603. The zero-order valence-electron chi connectivity index (χ0n) is 14.0. The van der Waals surface area contributed by atoms with Crippen molar-refractivity contribution >= 4 is 23.4 Å². The van der Waals surface area contributed by atoms with Crippen LogP contribution in [0.2, 0.25) is 5.02 Å². The number of piperidine rings is 1. The van der Waals surface area contributed by atoms with Crippen LogP contribution < -0.4 is 4.74 Å². The minimum atomic E-state index is -0.573. The number of hydrogen-bond acceptors (Lipinski definition) is 5. The van der Waals surface area contributed by atoms with Crippen LogP contribution in [-0.2, 0) is 4.74 Å². The molecule has 2 rings (SSSR count). The summed E-state index contributed by atoms with van der Waals surface area (Å²) < 4.78 is 11.1. The van der Waals surface area contributed by atoms with E-state index in [1.54, 1.807) is 25.7 Å². The zero-order chi connectivity index (χ0) is 17.9. The van der Waals surface area contributed by atoms with Crippen molar-refractivity contribution in [3.8, 4) is 5.75 Å². The molecule has 1 aromatic rings. The molecule has 132 valence electrons. The van der Waals surface area contributed by atoms with E-state index in [0.29, 0.717) is 24.5 Å². The molecule has 0 aromatic heterocycles. The number of amides is 1. The molecule has 7 nitrogen and oxygen atoms in total. The molecule has 0 bridgehead atoms. The molecule has 8 heteroatoms. The molecule has 0 saturated carbocycles. The summed E-state index contributed by atoms with van der Waals surface area (Å²) in [6.45, 7) is 6.31. The van der Waals surface area contributed by atoms with Crippen LogP contribution in [0.25, 0.3) is 0 Å². The first kappa shape index (κ1) is 18.3. The molecule has 1 fully saturated rings. The normalized spacial score (nSPS) is 18.2. The van der Waals surface area contributed by atoms with Crippen molar-refractivity contribution in [3.05, 3.63) is 33.3 Å². The average molecular weight is 357 g/mol. The minimum absolute atomic E-state index is 0.114. The number of hydrogen-bond donors (Lipinski definition) is 0. The molecule has 1 heterocycles. The van der Waals surface area contributed by atoms with Gasteiger partial charge in [-0.1, -0.05) is 11.6 Å². The average Bonchev–Trinajstić information content (AvgIpc) is 2.45. The molecule has 0 radical (unpaired) electrons. The van der Waals surface area contributed by atoms with Gasteiger partial charge in [0, 0.05) is 23.7 Å². The molecular formula is C16H21ClN2O5. The lowest BCUT2D eigenvalue weighted by Gasteiger charge is -2.34.